The summed E-state index contributed by atoms with van der Waals surface area (Å²) < 4.78 is 2.37. The lowest BCUT2D eigenvalue weighted by atomic mass is 10.1. The van der Waals surface area contributed by atoms with Gasteiger partial charge in [-0.1, -0.05) is 18.0 Å². The first-order valence-electron chi connectivity index (χ1n) is 7.66. The molecule has 3 rings (SSSR count). The van der Waals surface area contributed by atoms with Crippen LogP contribution in [-0.4, -0.2) is 22.6 Å². The number of nitrogens with zero attached hydrogens (tertiary/aromatic N) is 2. The first kappa shape index (κ1) is 14.0. The standard InChI is InChI=1S/C17H23ClN2/c1-13(2)20-12-14(11-19-8-4-3-5-9-19)16-10-15(18)6-7-17(16)20/h6-7,10,12-13H,3-5,8-9,11H2,1-2H3. The van der Waals surface area contributed by atoms with E-state index in [9.17, 15) is 0 Å². The second-order valence-corrected chi connectivity index (χ2v) is 6.59. The molecule has 0 spiro atoms. The predicted octanol–water partition coefficient (Wildman–Crippen LogP) is 4.86. The Balaban J connectivity index is 1.98. The van der Waals surface area contributed by atoms with Gasteiger partial charge in [0.1, 0.15) is 0 Å². The summed E-state index contributed by atoms with van der Waals surface area (Å²) in [4.78, 5) is 2.57. The molecule has 0 radical (unpaired) electrons. The second kappa shape index (κ2) is 5.79. The van der Waals surface area contributed by atoms with E-state index in [0.717, 1.165) is 11.6 Å². The highest BCUT2D eigenvalue weighted by molar-refractivity contribution is 6.31. The zero-order chi connectivity index (χ0) is 14.1. The van der Waals surface area contributed by atoms with Crippen LogP contribution in [0.25, 0.3) is 10.9 Å². The number of hydrogen-bond donors (Lipinski definition) is 0. The van der Waals surface area contributed by atoms with Crippen molar-refractivity contribution < 1.29 is 0 Å². The Labute approximate surface area is 126 Å². The minimum Gasteiger partial charge on any atom is -0.345 e. The van der Waals surface area contributed by atoms with Crippen molar-refractivity contribution in [3.05, 3.63) is 35.0 Å². The molecule has 0 bridgehead atoms. The molecule has 1 saturated heterocycles. The van der Waals surface area contributed by atoms with Crippen molar-refractivity contribution in [1.82, 2.24) is 9.47 Å². The maximum Gasteiger partial charge on any atom is 0.0487 e. The normalized spacial score (nSPS) is 17.2. The van der Waals surface area contributed by atoms with Gasteiger partial charge in [-0.2, -0.15) is 0 Å². The lowest BCUT2D eigenvalue weighted by Crippen LogP contribution is -2.28. The third-order valence-electron chi connectivity index (χ3n) is 4.28. The fourth-order valence-corrected chi connectivity index (χ4v) is 3.38. The Kier molecular flexibility index (Phi) is 4.04. The van der Waals surface area contributed by atoms with Gasteiger partial charge >= 0.3 is 0 Å². The number of benzene rings is 1. The summed E-state index contributed by atoms with van der Waals surface area (Å²) in [5.41, 5.74) is 2.72. The van der Waals surface area contributed by atoms with Crippen LogP contribution in [0.5, 0.6) is 0 Å². The van der Waals surface area contributed by atoms with Crippen LogP contribution in [0.15, 0.2) is 24.4 Å². The topological polar surface area (TPSA) is 8.17 Å². The zero-order valence-corrected chi connectivity index (χ0v) is 13.2. The van der Waals surface area contributed by atoms with E-state index in [0.29, 0.717) is 6.04 Å². The van der Waals surface area contributed by atoms with Crippen LogP contribution in [0.3, 0.4) is 0 Å². The number of fused-ring (bicyclic) bond motifs is 1. The molecule has 0 aliphatic carbocycles. The molecule has 2 nitrogen and oxygen atoms in total. The summed E-state index contributed by atoms with van der Waals surface area (Å²) in [5, 5.41) is 2.15. The quantitative estimate of drug-likeness (QED) is 0.783. The van der Waals surface area contributed by atoms with Gasteiger partial charge in [-0.3, -0.25) is 4.90 Å². The summed E-state index contributed by atoms with van der Waals surface area (Å²) in [6.07, 6.45) is 6.38. The van der Waals surface area contributed by atoms with E-state index < -0.39 is 0 Å². The fraction of sp³-hybridized carbons (Fsp3) is 0.529. The monoisotopic (exact) mass is 290 g/mol. The van der Waals surface area contributed by atoms with Crippen LogP contribution < -0.4 is 0 Å². The Morgan fingerprint density at radius 3 is 2.60 bits per heavy atom. The molecule has 1 fully saturated rings. The van der Waals surface area contributed by atoms with Crippen molar-refractivity contribution >= 4 is 22.5 Å². The first-order chi connectivity index (χ1) is 9.65. The molecule has 3 heteroatoms. The number of likely N-dealkylation sites (tertiary alicyclic amines) is 1. The molecule has 0 saturated carbocycles. The van der Waals surface area contributed by atoms with Crippen molar-refractivity contribution in [2.24, 2.45) is 0 Å². The Morgan fingerprint density at radius 2 is 1.90 bits per heavy atom. The molecule has 0 atom stereocenters. The highest BCUT2D eigenvalue weighted by Crippen LogP contribution is 2.29. The van der Waals surface area contributed by atoms with Crippen LogP contribution in [-0.2, 0) is 6.54 Å². The predicted molar refractivity (Wildman–Crippen MR) is 86.5 cm³/mol. The van der Waals surface area contributed by atoms with Crippen molar-refractivity contribution in [3.8, 4) is 0 Å². The van der Waals surface area contributed by atoms with Crippen molar-refractivity contribution in [2.75, 3.05) is 13.1 Å². The molecule has 2 aromatic rings. The molecule has 0 amide bonds. The van der Waals surface area contributed by atoms with E-state index in [-0.39, 0.29) is 0 Å². The first-order valence-corrected chi connectivity index (χ1v) is 8.04. The van der Waals surface area contributed by atoms with E-state index in [4.69, 9.17) is 11.6 Å². The SMILES string of the molecule is CC(C)n1cc(CN2CCCCC2)c2cc(Cl)ccc21. The number of piperidine rings is 1. The molecule has 0 unspecified atom stereocenters. The van der Waals surface area contributed by atoms with E-state index in [1.165, 1.54) is 48.8 Å². The van der Waals surface area contributed by atoms with Gasteiger partial charge < -0.3 is 4.57 Å². The number of aromatic nitrogens is 1. The molecule has 108 valence electrons. The molecule has 1 aromatic heterocycles. The van der Waals surface area contributed by atoms with E-state index in [1.807, 2.05) is 6.07 Å². The molecule has 1 aromatic carbocycles. The van der Waals surface area contributed by atoms with Gasteiger partial charge in [0.15, 0.2) is 0 Å². The third kappa shape index (κ3) is 2.72. The average Bonchev–Trinajstić information content (AvgIpc) is 2.78. The number of halogens is 1. The van der Waals surface area contributed by atoms with Crippen LogP contribution >= 0.6 is 11.6 Å². The maximum atomic E-state index is 6.20. The summed E-state index contributed by atoms with van der Waals surface area (Å²) >= 11 is 6.20. The van der Waals surface area contributed by atoms with E-state index in [1.54, 1.807) is 0 Å². The highest BCUT2D eigenvalue weighted by atomic mass is 35.5. The minimum atomic E-state index is 0.480. The van der Waals surface area contributed by atoms with Crippen LogP contribution in [0.1, 0.15) is 44.7 Å². The van der Waals surface area contributed by atoms with Gasteiger partial charge in [0.25, 0.3) is 0 Å². The van der Waals surface area contributed by atoms with E-state index >= 15 is 0 Å². The van der Waals surface area contributed by atoms with Crippen LogP contribution in [0, 0.1) is 0 Å². The summed E-state index contributed by atoms with van der Waals surface area (Å²) in [5.74, 6) is 0. The Bertz CT molecular complexity index is 594. The fourth-order valence-electron chi connectivity index (χ4n) is 3.21. The Morgan fingerprint density at radius 1 is 1.15 bits per heavy atom. The van der Waals surface area contributed by atoms with Gasteiger partial charge in [-0.05, 0) is 63.5 Å². The highest BCUT2D eigenvalue weighted by Gasteiger charge is 2.15. The molecule has 1 aliphatic rings. The summed E-state index contributed by atoms with van der Waals surface area (Å²) in [7, 11) is 0. The lowest BCUT2D eigenvalue weighted by molar-refractivity contribution is 0.221. The van der Waals surface area contributed by atoms with Gasteiger partial charge in [0, 0.05) is 34.7 Å². The molecule has 20 heavy (non-hydrogen) atoms. The van der Waals surface area contributed by atoms with Crippen LogP contribution in [0.4, 0.5) is 0 Å². The Hall–Kier alpha value is -0.990. The maximum absolute atomic E-state index is 6.20. The third-order valence-corrected chi connectivity index (χ3v) is 4.51. The number of rotatable bonds is 3. The van der Waals surface area contributed by atoms with E-state index in [2.05, 4.69) is 41.6 Å². The van der Waals surface area contributed by atoms with Crippen LogP contribution in [0.2, 0.25) is 5.02 Å². The zero-order valence-electron chi connectivity index (χ0n) is 12.4. The smallest absolute Gasteiger partial charge is 0.0487 e. The van der Waals surface area contributed by atoms with Gasteiger partial charge in [-0.25, -0.2) is 0 Å². The molecular weight excluding hydrogens is 268 g/mol. The summed E-state index contributed by atoms with van der Waals surface area (Å²) in [6.45, 7) is 7.98. The molecular formula is C17H23ClN2. The largest absolute Gasteiger partial charge is 0.345 e. The second-order valence-electron chi connectivity index (χ2n) is 6.15. The lowest BCUT2D eigenvalue weighted by Gasteiger charge is -2.26. The summed E-state index contributed by atoms with van der Waals surface area (Å²) in [6, 6.07) is 6.74. The average molecular weight is 291 g/mol. The minimum absolute atomic E-state index is 0.480. The molecule has 0 N–H and O–H groups in total. The number of hydrogen-bond acceptors (Lipinski definition) is 1. The van der Waals surface area contributed by atoms with Gasteiger partial charge in [0.05, 0.1) is 0 Å². The van der Waals surface area contributed by atoms with Crippen molar-refractivity contribution in [3.63, 3.8) is 0 Å². The van der Waals surface area contributed by atoms with Crippen molar-refractivity contribution in [2.45, 2.75) is 45.7 Å². The van der Waals surface area contributed by atoms with Gasteiger partial charge in [-0.15, -0.1) is 0 Å². The molecule has 2 heterocycles. The van der Waals surface area contributed by atoms with Crippen molar-refractivity contribution in [1.29, 1.82) is 0 Å². The van der Waals surface area contributed by atoms with Gasteiger partial charge in [0.2, 0.25) is 0 Å². The molecule has 1 aliphatic heterocycles.